The maximum atomic E-state index is 12.2. The van der Waals surface area contributed by atoms with Crippen LogP contribution in [0.25, 0.3) is 0 Å². The van der Waals surface area contributed by atoms with E-state index in [1.54, 1.807) is 4.90 Å². The SMILES string of the molecule is CC1(C)CCN(C(=O)C(N)CCS(C)(=O)=O)CCS1. The molecule has 1 saturated heterocycles. The van der Waals surface area contributed by atoms with Gasteiger partial charge in [-0.25, -0.2) is 8.42 Å². The fourth-order valence-corrected chi connectivity index (χ4v) is 3.72. The molecule has 2 N–H and O–H groups in total. The van der Waals surface area contributed by atoms with Crippen LogP contribution in [0.2, 0.25) is 0 Å². The molecular weight excluding hydrogens is 284 g/mol. The zero-order chi connectivity index (χ0) is 14.7. The van der Waals surface area contributed by atoms with Crippen molar-refractivity contribution in [3.63, 3.8) is 0 Å². The highest BCUT2D eigenvalue weighted by Gasteiger charge is 2.28. The van der Waals surface area contributed by atoms with E-state index < -0.39 is 15.9 Å². The number of carbonyl (C=O) groups is 1. The number of rotatable bonds is 4. The van der Waals surface area contributed by atoms with Crippen molar-refractivity contribution in [3.05, 3.63) is 0 Å². The van der Waals surface area contributed by atoms with Gasteiger partial charge in [0.2, 0.25) is 5.91 Å². The first kappa shape index (κ1) is 16.8. The Kier molecular flexibility index (Phi) is 5.70. The van der Waals surface area contributed by atoms with Gasteiger partial charge in [0.15, 0.2) is 0 Å². The van der Waals surface area contributed by atoms with Crippen molar-refractivity contribution in [1.29, 1.82) is 0 Å². The average Bonchev–Trinajstić information content (AvgIpc) is 2.45. The lowest BCUT2D eigenvalue weighted by molar-refractivity contribution is -0.132. The summed E-state index contributed by atoms with van der Waals surface area (Å²) >= 11 is 1.86. The van der Waals surface area contributed by atoms with Crippen LogP contribution in [-0.4, -0.2) is 60.9 Å². The first-order chi connectivity index (χ1) is 8.61. The van der Waals surface area contributed by atoms with E-state index in [1.165, 1.54) is 0 Å². The Morgan fingerprint density at radius 1 is 1.42 bits per heavy atom. The molecule has 5 nitrogen and oxygen atoms in total. The van der Waals surface area contributed by atoms with Crippen molar-refractivity contribution in [3.8, 4) is 0 Å². The van der Waals surface area contributed by atoms with Crippen LogP contribution in [0.1, 0.15) is 26.7 Å². The number of sulfone groups is 1. The smallest absolute Gasteiger partial charge is 0.239 e. The average molecular weight is 308 g/mol. The predicted molar refractivity (Wildman–Crippen MR) is 80.0 cm³/mol. The van der Waals surface area contributed by atoms with Crippen LogP contribution in [0.15, 0.2) is 0 Å². The molecule has 1 atom stereocenters. The molecule has 0 saturated carbocycles. The van der Waals surface area contributed by atoms with E-state index in [1.807, 2.05) is 11.8 Å². The third kappa shape index (κ3) is 6.14. The van der Waals surface area contributed by atoms with Gasteiger partial charge in [0.25, 0.3) is 0 Å². The van der Waals surface area contributed by atoms with E-state index in [4.69, 9.17) is 5.73 Å². The molecule has 0 aromatic heterocycles. The fraction of sp³-hybridized carbons (Fsp3) is 0.917. The lowest BCUT2D eigenvalue weighted by Gasteiger charge is -2.25. The monoisotopic (exact) mass is 308 g/mol. The Bertz CT molecular complexity index is 421. The molecule has 1 aliphatic rings. The maximum Gasteiger partial charge on any atom is 0.239 e. The van der Waals surface area contributed by atoms with E-state index in [9.17, 15) is 13.2 Å². The Morgan fingerprint density at radius 2 is 2.05 bits per heavy atom. The summed E-state index contributed by atoms with van der Waals surface area (Å²) < 4.78 is 22.4. The molecule has 1 rings (SSSR count). The normalized spacial score (nSPS) is 21.8. The van der Waals surface area contributed by atoms with Gasteiger partial charge in [-0.1, -0.05) is 13.8 Å². The van der Waals surface area contributed by atoms with Crippen molar-refractivity contribution < 1.29 is 13.2 Å². The number of thioether (sulfide) groups is 1. The molecule has 1 fully saturated rings. The second-order valence-electron chi connectivity index (χ2n) is 5.71. The van der Waals surface area contributed by atoms with Gasteiger partial charge in [-0.3, -0.25) is 4.79 Å². The first-order valence-corrected chi connectivity index (χ1v) is 9.51. The van der Waals surface area contributed by atoms with Gasteiger partial charge in [-0.2, -0.15) is 11.8 Å². The Hall–Kier alpha value is -0.270. The van der Waals surface area contributed by atoms with E-state index in [0.717, 1.165) is 18.4 Å². The maximum absolute atomic E-state index is 12.2. The number of nitrogens with two attached hydrogens (primary N) is 1. The highest BCUT2D eigenvalue weighted by molar-refractivity contribution is 8.00. The molecule has 19 heavy (non-hydrogen) atoms. The quantitative estimate of drug-likeness (QED) is 0.817. The molecule has 1 unspecified atom stereocenters. The second kappa shape index (κ2) is 6.45. The number of carbonyl (C=O) groups excluding carboxylic acids is 1. The van der Waals surface area contributed by atoms with Crippen molar-refractivity contribution in [1.82, 2.24) is 4.90 Å². The zero-order valence-corrected chi connectivity index (χ0v) is 13.5. The largest absolute Gasteiger partial charge is 0.340 e. The highest BCUT2D eigenvalue weighted by atomic mass is 32.2. The molecule has 0 spiro atoms. The second-order valence-corrected chi connectivity index (χ2v) is 9.77. The zero-order valence-electron chi connectivity index (χ0n) is 11.9. The highest BCUT2D eigenvalue weighted by Crippen LogP contribution is 2.30. The predicted octanol–water partition coefficient (Wildman–Crippen LogP) is 0.493. The third-order valence-electron chi connectivity index (χ3n) is 3.27. The molecule has 0 aromatic rings. The minimum Gasteiger partial charge on any atom is -0.340 e. The summed E-state index contributed by atoms with van der Waals surface area (Å²) in [5.41, 5.74) is 5.81. The summed E-state index contributed by atoms with van der Waals surface area (Å²) in [4.78, 5) is 13.9. The van der Waals surface area contributed by atoms with Crippen LogP contribution in [0.4, 0.5) is 0 Å². The summed E-state index contributed by atoms with van der Waals surface area (Å²) in [6.45, 7) is 5.75. The van der Waals surface area contributed by atoms with Gasteiger partial charge >= 0.3 is 0 Å². The molecule has 1 heterocycles. The number of amides is 1. The van der Waals surface area contributed by atoms with Gasteiger partial charge in [-0.15, -0.1) is 0 Å². The van der Waals surface area contributed by atoms with Crippen LogP contribution >= 0.6 is 11.8 Å². The number of hydrogen-bond acceptors (Lipinski definition) is 5. The van der Waals surface area contributed by atoms with E-state index in [0.29, 0.717) is 13.1 Å². The Balaban J connectivity index is 2.52. The van der Waals surface area contributed by atoms with Crippen molar-refractivity contribution in [2.45, 2.75) is 37.5 Å². The first-order valence-electron chi connectivity index (χ1n) is 6.47. The molecule has 0 bridgehead atoms. The van der Waals surface area contributed by atoms with Crippen LogP contribution in [0.5, 0.6) is 0 Å². The summed E-state index contributed by atoms with van der Waals surface area (Å²) in [7, 11) is -3.06. The number of hydrogen-bond donors (Lipinski definition) is 1. The molecule has 112 valence electrons. The van der Waals surface area contributed by atoms with Crippen molar-refractivity contribution in [2.75, 3.05) is 30.9 Å². The van der Waals surface area contributed by atoms with Crippen LogP contribution in [0, 0.1) is 0 Å². The molecule has 1 aliphatic heterocycles. The molecular formula is C12H24N2O3S2. The molecule has 1 amide bonds. The lowest BCUT2D eigenvalue weighted by atomic mass is 10.1. The van der Waals surface area contributed by atoms with E-state index in [-0.39, 0.29) is 22.8 Å². The van der Waals surface area contributed by atoms with Gasteiger partial charge in [0, 0.05) is 29.8 Å². The topological polar surface area (TPSA) is 80.5 Å². The minimum atomic E-state index is -3.06. The van der Waals surface area contributed by atoms with E-state index in [2.05, 4.69) is 13.8 Å². The molecule has 0 aliphatic carbocycles. The third-order valence-corrected chi connectivity index (χ3v) is 5.62. The van der Waals surface area contributed by atoms with Crippen LogP contribution in [0.3, 0.4) is 0 Å². The minimum absolute atomic E-state index is 0.0337. The molecule has 0 radical (unpaired) electrons. The summed E-state index contributed by atoms with van der Waals surface area (Å²) in [6.07, 6.45) is 2.29. The molecule has 7 heteroatoms. The summed E-state index contributed by atoms with van der Waals surface area (Å²) in [5.74, 6) is 0.743. The van der Waals surface area contributed by atoms with Gasteiger partial charge in [-0.05, 0) is 12.8 Å². The fourth-order valence-electron chi connectivity index (χ4n) is 1.94. The van der Waals surface area contributed by atoms with Crippen LogP contribution < -0.4 is 5.73 Å². The summed E-state index contributed by atoms with van der Waals surface area (Å²) in [5, 5.41) is 0. The summed E-state index contributed by atoms with van der Waals surface area (Å²) in [6, 6.07) is -0.707. The van der Waals surface area contributed by atoms with E-state index >= 15 is 0 Å². The van der Waals surface area contributed by atoms with Gasteiger partial charge < -0.3 is 10.6 Å². The van der Waals surface area contributed by atoms with Gasteiger partial charge in [0.1, 0.15) is 9.84 Å². The van der Waals surface area contributed by atoms with Crippen LogP contribution in [-0.2, 0) is 14.6 Å². The standard InChI is InChI=1S/C12H24N2O3S2/c1-12(2)5-6-14(7-8-18-12)11(15)10(13)4-9-19(3,16)17/h10H,4-9,13H2,1-3H3. The Labute approximate surface area is 120 Å². The number of nitrogens with zero attached hydrogens (tertiary/aromatic N) is 1. The lowest BCUT2D eigenvalue weighted by Crippen LogP contribution is -2.45. The van der Waals surface area contributed by atoms with Crippen molar-refractivity contribution >= 4 is 27.5 Å². The van der Waals surface area contributed by atoms with Gasteiger partial charge in [0.05, 0.1) is 11.8 Å². The van der Waals surface area contributed by atoms with Crippen molar-refractivity contribution in [2.24, 2.45) is 5.73 Å². The molecule has 0 aromatic carbocycles. The Morgan fingerprint density at radius 3 is 2.63 bits per heavy atom.